The quantitative estimate of drug-likeness (QED) is 0.907. The Bertz CT molecular complexity index is 458. The Morgan fingerprint density at radius 3 is 2.67 bits per heavy atom. The second-order valence-electron chi connectivity index (χ2n) is 5.82. The molecule has 1 amide bonds. The van der Waals surface area contributed by atoms with Gasteiger partial charge in [-0.05, 0) is 36.5 Å². The highest BCUT2D eigenvalue weighted by Crippen LogP contribution is 2.23. The van der Waals surface area contributed by atoms with Crippen molar-refractivity contribution >= 4 is 5.91 Å². The molecule has 0 bridgehead atoms. The largest absolute Gasteiger partial charge is 0.497 e. The highest BCUT2D eigenvalue weighted by Gasteiger charge is 2.23. The van der Waals surface area contributed by atoms with Crippen LogP contribution in [0.1, 0.15) is 44.2 Å². The number of rotatable bonds is 5. The van der Waals surface area contributed by atoms with Crippen molar-refractivity contribution in [3.63, 3.8) is 0 Å². The monoisotopic (exact) mass is 290 g/mol. The number of nitrogens with zero attached hydrogens (tertiary/aromatic N) is 1. The topological polar surface area (TPSA) is 55.6 Å². The molecule has 4 heteroatoms. The summed E-state index contributed by atoms with van der Waals surface area (Å²) in [6.45, 7) is 3.64. The number of carbonyl (C=O) groups is 1. The first-order valence-corrected chi connectivity index (χ1v) is 7.81. The van der Waals surface area contributed by atoms with Crippen molar-refractivity contribution in [2.75, 3.05) is 20.2 Å². The van der Waals surface area contributed by atoms with E-state index in [1.165, 1.54) is 0 Å². The average Bonchev–Trinajstić information content (AvgIpc) is 2.70. The molecule has 1 aliphatic rings. The maximum Gasteiger partial charge on any atom is 0.222 e. The molecule has 4 nitrogen and oxygen atoms in total. The zero-order valence-electron chi connectivity index (χ0n) is 13.0. The van der Waals surface area contributed by atoms with Crippen molar-refractivity contribution in [3.8, 4) is 5.75 Å². The Kier molecular flexibility index (Phi) is 5.62. The van der Waals surface area contributed by atoms with E-state index >= 15 is 0 Å². The van der Waals surface area contributed by atoms with Gasteiger partial charge in [-0.1, -0.05) is 25.5 Å². The van der Waals surface area contributed by atoms with Gasteiger partial charge in [-0.15, -0.1) is 0 Å². The molecule has 0 aromatic heterocycles. The summed E-state index contributed by atoms with van der Waals surface area (Å²) in [5, 5.41) is 0. The lowest BCUT2D eigenvalue weighted by molar-refractivity contribution is -0.130. The number of carbonyl (C=O) groups excluding carboxylic acids is 1. The Morgan fingerprint density at radius 2 is 2.05 bits per heavy atom. The minimum Gasteiger partial charge on any atom is -0.497 e. The van der Waals surface area contributed by atoms with Crippen molar-refractivity contribution in [2.45, 2.75) is 38.6 Å². The summed E-state index contributed by atoms with van der Waals surface area (Å²) in [6, 6.07) is 7.62. The Hall–Kier alpha value is -1.55. The SMILES string of the molecule is CCC1CCC(=O)N(CC(N)c2ccc(OC)cc2)CC1. The third-order valence-electron chi connectivity index (χ3n) is 4.46. The number of benzene rings is 1. The van der Waals surface area contributed by atoms with Crippen LogP contribution in [0.2, 0.25) is 0 Å². The molecule has 116 valence electrons. The van der Waals surface area contributed by atoms with E-state index in [1.54, 1.807) is 7.11 Å². The second kappa shape index (κ2) is 7.46. The van der Waals surface area contributed by atoms with E-state index in [2.05, 4.69) is 6.92 Å². The number of hydrogen-bond donors (Lipinski definition) is 1. The van der Waals surface area contributed by atoms with Gasteiger partial charge in [0.15, 0.2) is 0 Å². The number of methoxy groups -OCH3 is 1. The van der Waals surface area contributed by atoms with Crippen LogP contribution in [0, 0.1) is 5.92 Å². The van der Waals surface area contributed by atoms with Crippen molar-refractivity contribution in [1.29, 1.82) is 0 Å². The van der Waals surface area contributed by atoms with Gasteiger partial charge in [0.25, 0.3) is 0 Å². The molecule has 2 rings (SSSR count). The van der Waals surface area contributed by atoms with Crippen LogP contribution in [0.3, 0.4) is 0 Å². The van der Waals surface area contributed by atoms with Crippen LogP contribution in [0.5, 0.6) is 5.75 Å². The summed E-state index contributed by atoms with van der Waals surface area (Å²) in [6.07, 6.45) is 3.93. The first-order valence-electron chi connectivity index (χ1n) is 7.81. The van der Waals surface area contributed by atoms with Crippen molar-refractivity contribution in [3.05, 3.63) is 29.8 Å². The molecule has 2 atom stereocenters. The van der Waals surface area contributed by atoms with E-state index in [9.17, 15) is 4.79 Å². The van der Waals surface area contributed by atoms with E-state index in [1.807, 2.05) is 29.2 Å². The van der Waals surface area contributed by atoms with Crippen LogP contribution in [0.4, 0.5) is 0 Å². The second-order valence-corrected chi connectivity index (χ2v) is 5.82. The van der Waals surface area contributed by atoms with Gasteiger partial charge in [0.2, 0.25) is 5.91 Å². The van der Waals surface area contributed by atoms with Crippen LogP contribution in [0.25, 0.3) is 0 Å². The highest BCUT2D eigenvalue weighted by atomic mass is 16.5. The zero-order valence-corrected chi connectivity index (χ0v) is 13.0. The summed E-state index contributed by atoms with van der Waals surface area (Å²) >= 11 is 0. The molecule has 0 radical (unpaired) electrons. The molecule has 0 aliphatic carbocycles. The van der Waals surface area contributed by atoms with Crippen LogP contribution in [0.15, 0.2) is 24.3 Å². The van der Waals surface area contributed by atoms with Gasteiger partial charge in [0.05, 0.1) is 7.11 Å². The lowest BCUT2D eigenvalue weighted by atomic mass is 9.98. The number of nitrogens with two attached hydrogens (primary N) is 1. The fourth-order valence-corrected chi connectivity index (χ4v) is 2.89. The number of amides is 1. The molecule has 0 spiro atoms. The first-order chi connectivity index (χ1) is 10.1. The Labute approximate surface area is 127 Å². The fourth-order valence-electron chi connectivity index (χ4n) is 2.89. The Morgan fingerprint density at radius 1 is 1.33 bits per heavy atom. The van der Waals surface area contributed by atoms with Crippen LogP contribution in [-0.4, -0.2) is 31.0 Å². The maximum atomic E-state index is 12.2. The maximum absolute atomic E-state index is 12.2. The molecular weight excluding hydrogens is 264 g/mol. The molecule has 2 unspecified atom stereocenters. The van der Waals surface area contributed by atoms with Gasteiger partial charge >= 0.3 is 0 Å². The van der Waals surface area contributed by atoms with E-state index in [0.29, 0.717) is 18.9 Å². The molecule has 1 aromatic rings. The molecule has 1 saturated heterocycles. The van der Waals surface area contributed by atoms with Gasteiger partial charge in [0.1, 0.15) is 5.75 Å². The minimum absolute atomic E-state index is 0.141. The Balaban J connectivity index is 1.97. The summed E-state index contributed by atoms with van der Waals surface area (Å²) in [4.78, 5) is 14.1. The average molecular weight is 290 g/mol. The summed E-state index contributed by atoms with van der Waals surface area (Å²) in [5.41, 5.74) is 7.30. The van der Waals surface area contributed by atoms with Gasteiger partial charge in [-0.2, -0.15) is 0 Å². The fraction of sp³-hybridized carbons (Fsp3) is 0.588. The van der Waals surface area contributed by atoms with E-state index < -0.39 is 0 Å². The molecule has 0 saturated carbocycles. The number of likely N-dealkylation sites (tertiary alicyclic amines) is 1. The minimum atomic E-state index is -0.141. The van der Waals surface area contributed by atoms with Gasteiger partial charge in [0, 0.05) is 25.6 Å². The number of hydrogen-bond acceptors (Lipinski definition) is 3. The molecule has 1 aliphatic heterocycles. The molecule has 1 aromatic carbocycles. The van der Waals surface area contributed by atoms with E-state index in [0.717, 1.165) is 37.1 Å². The molecule has 1 fully saturated rings. The van der Waals surface area contributed by atoms with Crippen molar-refractivity contribution in [1.82, 2.24) is 4.90 Å². The lowest BCUT2D eigenvalue weighted by Crippen LogP contribution is -2.36. The summed E-state index contributed by atoms with van der Waals surface area (Å²) in [5.74, 6) is 1.74. The van der Waals surface area contributed by atoms with Crippen molar-refractivity contribution in [2.24, 2.45) is 11.7 Å². The molecular formula is C17H26N2O2. The molecule has 21 heavy (non-hydrogen) atoms. The molecule has 1 heterocycles. The number of ether oxygens (including phenoxy) is 1. The van der Waals surface area contributed by atoms with Gasteiger partial charge < -0.3 is 15.4 Å². The standard InChI is InChI=1S/C17H26N2O2/c1-3-13-4-9-17(20)19(11-10-13)12-16(18)14-5-7-15(21-2)8-6-14/h5-8,13,16H,3-4,9-12,18H2,1-2H3. The van der Waals surface area contributed by atoms with Crippen LogP contribution < -0.4 is 10.5 Å². The molecule has 2 N–H and O–H groups in total. The highest BCUT2D eigenvalue weighted by molar-refractivity contribution is 5.76. The smallest absolute Gasteiger partial charge is 0.222 e. The predicted octanol–water partition coefficient (Wildman–Crippen LogP) is 2.73. The first kappa shape index (κ1) is 15.8. The van der Waals surface area contributed by atoms with Crippen LogP contribution in [-0.2, 0) is 4.79 Å². The van der Waals surface area contributed by atoms with Crippen molar-refractivity contribution < 1.29 is 9.53 Å². The third kappa shape index (κ3) is 4.21. The normalized spacial score (nSPS) is 21.0. The van der Waals surface area contributed by atoms with E-state index in [4.69, 9.17) is 10.5 Å². The summed E-state index contributed by atoms with van der Waals surface area (Å²) < 4.78 is 5.15. The summed E-state index contributed by atoms with van der Waals surface area (Å²) in [7, 11) is 1.65. The lowest BCUT2D eigenvalue weighted by Gasteiger charge is -2.25. The zero-order chi connectivity index (χ0) is 15.2. The third-order valence-corrected chi connectivity index (χ3v) is 4.46. The predicted molar refractivity (Wildman–Crippen MR) is 84.1 cm³/mol. The van der Waals surface area contributed by atoms with E-state index in [-0.39, 0.29) is 11.9 Å². The van der Waals surface area contributed by atoms with Crippen LogP contribution >= 0.6 is 0 Å². The van der Waals surface area contributed by atoms with Gasteiger partial charge in [-0.3, -0.25) is 4.79 Å². The van der Waals surface area contributed by atoms with Gasteiger partial charge in [-0.25, -0.2) is 0 Å².